The van der Waals surface area contributed by atoms with Crippen molar-refractivity contribution in [1.82, 2.24) is 4.98 Å². The van der Waals surface area contributed by atoms with Gasteiger partial charge in [-0.2, -0.15) is 0 Å². The highest BCUT2D eigenvalue weighted by atomic mass is 32.1. The minimum Gasteiger partial charge on any atom is -0.465 e. The molecule has 1 aliphatic rings. The summed E-state index contributed by atoms with van der Waals surface area (Å²) in [6.45, 7) is 5.56. The van der Waals surface area contributed by atoms with E-state index >= 15 is 0 Å². The van der Waals surface area contributed by atoms with Crippen LogP contribution in [-0.2, 0) is 9.47 Å². The topological polar surface area (TPSA) is 60.5 Å². The van der Waals surface area contributed by atoms with Crippen molar-refractivity contribution in [2.75, 3.05) is 25.6 Å². The molecule has 2 atom stereocenters. The summed E-state index contributed by atoms with van der Waals surface area (Å²) >= 11 is 1.34. The van der Waals surface area contributed by atoms with Crippen molar-refractivity contribution in [3.8, 4) is 0 Å². The second kappa shape index (κ2) is 5.67. The summed E-state index contributed by atoms with van der Waals surface area (Å²) in [4.78, 5) is 16.4. The highest BCUT2D eigenvalue weighted by Gasteiger charge is 2.24. The number of hydrogen-bond acceptors (Lipinski definition) is 6. The van der Waals surface area contributed by atoms with Gasteiger partial charge >= 0.3 is 5.97 Å². The summed E-state index contributed by atoms with van der Waals surface area (Å²) in [7, 11) is 1.38. The molecule has 1 fully saturated rings. The molecule has 1 aromatic heterocycles. The summed E-state index contributed by atoms with van der Waals surface area (Å²) < 4.78 is 10.1. The number of rotatable bonds is 4. The number of hydrogen-bond donors (Lipinski definition) is 1. The van der Waals surface area contributed by atoms with E-state index in [0.717, 1.165) is 24.8 Å². The van der Waals surface area contributed by atoms with Crippen molar-refractivity contribution in [1.29, 1.82) is 0 Å². The van der Waals surface area contributed by atoms with Gasteiger partial charge in [0.15, 0.2) is 5.13 Å². The van der Waals surface area contributed by atoms with Crippen LogP contribution in [0.5, 0.6) is 0 Å². The van der Waals surface area contributed by atoms with Crippen LogP contribution in [0.25, 0.3) is 0 Å². The van der Waals surface area contributed by atoms with E-state index < -0.39 is 0 Å². The fourth-order valence-electron chi connectivity index (χ4n) is 2.00. The normalized spacial score (nSPS) is 20.7. The molecule has 0 saturated carbocycles. The summed E-state index contributed by atoms with van der Waals surface area (Å²) in [6.07, 6.45) is 1.07. The number of aryl methyl sites for hydroxylation is 1. The van der Waals surface area contributed by atoms with Crippen LogP contribution in [0.1, 0.15) is 28.7 Å². The molecule has 0 radical (unpaired) electrons. The van der Waals surface area contributed by atoms with Crippen molar-refractivity contribution in [2.45, 2.75) is 26.3 Å². The first-order chi connectivity index (χ1) is 8.61. The molecule has 1 N–H and O–H groups in total. The molecular weight excluding hydrogens is 252 g/mol. The summed E-state index contributed by atoms with van der Waals surface area (Å²) in [5.41, 5.74) is 0.712. The third-order valence-electron chi connectivity index (χ3n) is 3.19. The van der Waals surface area contributed by atoms with E-state index in [1.165, 1.54) is 18.4 Å². The zero-order valence-corrected chi connectivity index (χ0v) is 11.7. The van der Waals surface area contributed by atoms with Gasteiger partial charge in [0.1, 0.15) is 4.88 Å². The maximum absolute atomic E-state index is 11.5. The Bertz CT molecular complexity index is 427. The highest BCUT2D eigenvalue weighted by molar-refractivity contribution is 7.17. The molecule has 1 aromatic rings. The third-order valence-corrected chi connectivity index (χ3v) is 4.26. The van der Waals surface area contributed by atoms with Crippen LogP contribution >= 0.6 is 11.3 Å². The van der Waals surface area contributed by atoms with Gasteiger partial charge in [-0.15, -0.1) is 0 Å². The Kier molecular flexibility index (Phi) is 4.19. The Morgan fingerprint density at radius 3 is 3.06 bits per heavy atom. The number of carbonyl (C=O) groups is 1. The molecule has 0 spiro atoms. The Morgan fingerprint density at radius 1 is 1.67 bits per heavy atom. The number of carbonyl (C=O) groups excluding carboxylic acids is 1. The largest absolute Gasteiger partial charge is 0.465 e. The van der Waals surface area contributed by atoms with E-state index in [1.54, 1.807) is 0 Å². The van der Waals surface area contributed by atoms with E-state index in [1.807, 2.05) is 6.92 Å². The molecule has 100 valence electrons. The third kappa shape index (κ3) is 2.81. The molecule has 0 aromatic carbocycles. The van der Waals surface area contributed by atoms with E-state index in [9.17, 15) is 4.79 Å². The lowest BCUT2D eigenvalue weighted by atomic mass is 10.0. The van der Waals surface area contributed by atoms with Gasteiger partial charge in [-0.05, 0) is 20.3 Å². The Balaban J connectivity index is 2.03. The number of esters is 1. The standard InChI is InChI=1S/C12H18N2O3S/c1-7(9-4-5-17-6-9)13-12-14-8(2)10(18-12)11(15)16-3/h7,9H,4-6H2,1-3H3,(H,13,14). The van der Waals surface area contributed by atoms with Gasteiger partial charge in [-0.1, -0.05) is 11.3 Å². The van der Waals surface area contributed by atoms with Crippen LogP contribution in [-0.4, -0.2) is 37.3 Å². The second-order valence-corrected chi connectivity index (χ2v) is 5.48. The molecule has 0 aliphatic carbocycles. The van der Waals surface area contributed by atoms with Crippen molar-refractivity contribution < 1.29 is 14.3 Å². The van der Waals surface area contributed by atoms with Gasteiger partial charge < -0.3 is 14.8 Å². The lowest BCUT2D eigenvalue weighted by Crippen LogP contribution is -2.25. The zero-order chi connectivity index (χ0) is 13.1. The zero-order valence-electron chi connectivity index (χ0n) is 10.9. The molecule has 1 saturated heterocycles. The maximum atomic E-state index is 11.5. The van der Waals surface area contributed by atoms with E-state index in [4.69, 9.17) is 9.47 Å². The minimum absolute atomic E-state index is 0.295. The molecule has 5 nitrogen and oxygen atoms in total. The number of methoxy groups -OCH3 is 1. The van der Waals surface area contributed by atoms with E-state index in [2.05, 4.69) is 17.2 Å². The number of nitrogens with zero attached hydrogens (tertiary/aromatic N) is 1. The summed E-state index contributed by atoms with van der Waals surface area (Å²) in [6, 6.07) is 0.295. The quantitative estimate of drug-likeness (QED) is 0.849. The van der Waals surface area contributed by atoms with Crippen molar-refractivity contribution >= 4 is 22.4 Å². The first-order valence-corrected chi connectivity index (χ1v) is 6.83. The molecule has 18 heavy (non-hydrogen) atoms. The maximum Gasteiger partial charge on any atom is 0.350 e. The number of nitrogens with one attached hydrogen (secondary N) is 1. The molecule has 1 aliphatic heterocycles. The van der Waals surface area contributed by atoms with Crippen molar-refractivity contribution in [3.05, 3.63) is 10.6 Å². The number of ether oxygens (including phenoxy) is 2. The highest BCUT2D eigenvalue weighted by Crippen LogP contribution is 2.26. The van der Waals surface area contributed by atoms with Crippen LogP contribution < -0.4 is 5.32 Å². The summed E-state index contributed by atoms with van der Waals surface area (Å²) in [5, 5.41) is 4.11. The van der Waals surface area contributed by atoms with Crippen LogP contribution in [0, 0.1) is 12.8 Å². The predicted octanol–water partition coefficient (Wildman–Crippen LogP) is 2.08. The fraction of sp³-hybridized carbons (Fsp3) is 0.667. The number of thiazole rings is 1. The van der Waals surface area contributed by atoms with Crippen LogP contribution in [0.4, 0.5) is 5.13 Å². The number of aromatic nitrogens is 1. The molecule has 2 unspecified atom stereocenters. The lowest BCUT2D eigenvalue weighted by molar-refractivity contribution is 0.0605. The van der Waals surface area contributed by atoms with E-state index in [0.29, 0.717) is 22.5 Å². The molecule has 6 heteroatoms. The molecule has 2 heterocycles. The average molecular weight is 270 g/mol. The van der Waals surface area contributed by atoms with Gasteiger partial charge in [0.2, 0.25) is 0 Å². The van der Waals surface area contributed by atoms with Gasteiger partial charge in [0.05, 0.1) is 19.4 Å². The molecular formula is C12H18N2O3S. The van der Waals surface area contributed by atoms with Crippen molar-refractivity contribution in [3.63, 3.8) is 0 Å². The molecule has 2 rings (SSSR count). The fourth-order valence-corrected chi connectivity index (χ4v) is 2.98. The molecule has 0 bridgehead atoms. The Labute approximate surface area is 111 Å². The Morgan fingerprint density at radius 2 is 2.44 bits per heavy atom. The minimum atomic E-state index is -0.324. The first kappa shape index (κ1) is 13.3. The SMILES string of the molecule is COC(=O)c1sc(NC(C)C2CCOC2)nc1C. The van der Waals surface area contributed by atoms with Crippen LogP contribution in [0.2, 0.25) is 0 Å². The summed E-state index contributed by atoms with van der Waals surface area (Å²) in [5.74, 6) is 0.186. The van der Waals surface area contributed by atoms with Crippen LogP contribution in [0.3, 0.4) is 0 Å². The average Bonchev–Trinajstić information content (AvgIpc) is 2.97. The van der Waals surface area contributed by atoms with E-state index in [-0.39, 0.29) is 5.97 Å². The predicted molar refractivity (Wildman–Crippen MR) is 70.2 cm³/mol. The first-order valence-electron chi connectivity index (χ1n) is 6.02. The monoisotopic (exact) mass is 270 g/mol. The number of anilines is 1. The lowest BCUT2D eigenvalue weighted by Gasteiger charge is -2.18. The van der Waals surface area contributed by atoms with Gasteiger partial charge in [0, 0.05) is 18.6 Å². The van der Waals surface area contributed by atoms with Gasteiger partial charge in [-0.3, -0.25) is 0 Å². The second-order valence-electron chi connectivity index (χ2n) is 4.48. The van der Waals surface area contributed by atoms with Gasteiger partial charge in [-0.25, -0.2) is 9.78 Å². The molecule has 0 amide bonds. The van der Waals surface area contributed by atoms with Gasteiger partial charge in [0.25, 0.3) is 0 Å². The van der Waals surface area contributed by atoms with Crippen LogP contribution in [0.15, 0.2) is 0 Å². The Hall–Kier alpha value is -1.14. The van der Waals surface area contributed by atoms with Crippen molar-refractivity contribution in [2.24, 2.45) is 5.92 Å². The smallest absolute Gasteiger partial charge is 0.350 e.